The van der Waals surface area contributed by atoms with Crippen LogP contribution in [0.4, 0.5) is 4.79 Å². The average molecular weight is 490 g/mol. The Hall–Kier alpha value is -2.57. The molecule has 198 valence electrons. The number of rotatable bonds is 10. The van der Waals surface area contributed by atoms with Crippen molar-refractivity contribution < 1.29 is 19.1 Å². The normalized spacial score (nSPS) is 14.6. The maximum Gasteiger partial charge on any atom is 0.408 e. The van der Waals surface area contributed by atoms with Crippen molar-refractivity contribution in [3.63, 3.8) is 0 Å². The molecule has 35 heavy (non-hydrogen) atoms. The smallest absolute Gasteiger partial charge is 0.408 e. The van der Waals surface area contributed by atoms with E-state index >= 15 is 0 Å². The molecule has 0 bridgehead atoms. The minimum absolute atomic E-state index is 0.0259. The van der Waals surface area contributed by atoms with Crippen LogP contribution in [0.3, 0.4) is 0 Å². The van der Waals surface area contributed by atoms with Crippen LogP contribution in [0, 0.1) is 5.92 Å². The van der Waals surface area contributed by atoms with Gasteiger partial charge in [-0.25, -0.2) is 4.79 Å². The number of nitrogens with one attached hydrogen (secondary N) is 2. The first kappa shape index (κ1) is 30.5. The van der Waals surface area contributed by atoms with Gasteiger partial charge in [-0.3, -0.25) is 9.59 Å². The van der Waals surface area contributed by atoms with Crippen molar-refractivity contribution in [2.45, 2.75) is 118 Å². The number of amides is 3. The molecule has 7 heteroatoms. The van der Waals surface area contributed by atoms with Crippen LogP contribution in [0.2, 0.25) is 0 Å². The van der Waals surface area contributed by atoms with Gasteiger partial charge < -0.3 is 20.3 Å². The molecule has 0 heterocycles. The van der Waals surface area contributed by atoms with Crippen LogP contribution in [0.15, 0.2) is 30.3 Å². The highest BCUT2D eigenvalue weighted by molar-refractivity contribution is 5.92. The van der Waals surface area contributed by atoms with Crippen LogP contribution in [0.5, 0.6) is 0 Å². The van der Waals surface area contributed by atoms with E-state index in [9.17, 15) is 14.4 Å². The summed E-state index contributed by atoms with van der Waals surface area (Å²) in [5, 5.41) is 5.87. The lowest BCUT2D eigenvalue weighted by molar-refractivity contribution is -0.149. The largest absolute Gasteiger partial charge is 0.444 e. The van der Waals surface area contributed by atoms with E-state index in [2.05, 4.69) is 17.6 Å². The molecule has 1 aromatic rings. The van der Waals surface area contributed by atoms with Crippen LogP contribution in [-0.2, 0) is 14.3 Å². The molecule has 0 aliphatic carbocycles. The predicted molar refractivity (Wildman–Crippen MR) is 141 cm³/mol. The summed E-state index contributed by atoms with van der Waals surface area (Å²) < 4.78 is 5.44. The van der Waals surface area contributed by atoms with Gasteiger partial charge in [-0.1, -0.05) is 57.5 Å². The van der Waals surface area contributed by atoms with Gasteiger partial charge in [0.15, 0.2) is 0 Å². The molecule has 1 rings (SSSR count). The zero-order valence-corrected chi connectivity index (χ0v) is 23.4. The average Bonchev–Trinajstić information content (AvgIpc) is 2.69. The lowest BCUT2D eigenvalue weighted by Gasteiger charge is -2.43. The minimum atomic E-state index is -0.849. The minimum Gasteiger partial charge on any atom is -0.444 e. The number of ether oxygens (including phenoxy) is 1. The second kappa shape index (κ2) is 12.9. The van der Waals surface area contributed by atoms with E-state index in [-0.39, 0.29) is 23.8 Å². The van der Waals surface area contributed by atoms with Crippen molar-refractivity contribution >= 4 is 17.9 Å². The molecular weight excluding hydrogens is 442 g/mol. The molecule has 0 saturated heterocycles. The van der Waals surface area contributed by atoms with Gasteiger partial charge in [0.2, 0.25) is 11.8 Å². The first-order valence-electron chi connectivity index (χ1n) is 12.7. The van der Waals surface area contributed by atoms with E-state index in [1.807, 2.05) is 71.9 Å². The molecule has 0 radical (unpaired) electrons. The zero-order valence-electron chi connectivity index (χ0n) is 23.4. The van der Waals surface area contributed by atoms with Gasteiger partial charge in [0.25, 0.3) is 0 Å². The lowest BCUT2D eigenvalue weighted by Crippen LogP contribution is -2.59. The number of nitrogens with zero attached hydrogens (tertiary/aromatic N) is 1. The number of alkyl carbamates (subject to hydrolysis) is 1. The summed E-state index contributed by atoms with van der Waals surface area (Å²) in [6.07, 6.45) is 1.55. The predicted octanol–water partition coefficient (Wildman–Crippen LogP) is 5.60. The molecule has 2 N–H and O–H groups in total. The maximum atomic E-state index is 14.1. The Morgan fingerprint density at radius 1 is 0.943 bits per heavy atom. The summed E-state index contributed by atoms with van der Waals surface area (Å²) in [5.74, 6) is -0.417. The summed E-state index contributed by atoms with van der Waals surface area (Å²) in [7, 11) is 0. The van der Waals surface area contributed by atoms with Crippen LogP contribution < -0.4 is 10.6 Å². The highest BCUT2D eigenvalue weighted by atomic mass is 16.6. The van der Waals surface area contributed by atoms with Crippen molar-refractivity contribution in [2.24, 2.45) is 5.92 Å². The zero-order chi connectivity index (χ0) is 27.0. The van der Waals surface area contributed by atoms with Crippen molar-refractivity contribution in [3.05, 3.63) is 35.9 Å². The van der Waals surface area contributed by atoms with Gasteiger partial charge in [0, 0.05) is 11.6 Å². The molecule has 0 spiro atoms. The van der Waals surface area contributed by atoms with Gasteiger partial charge >= 0.3 is 6.09 Å². The van der Waals surface area contributed by atoms with Gasteiger partial charge in [-0.05, 0) is 72.8 Å². The number of carbonyl (C=O) groups is 3. The number of carbonyl (C=O) groups excluding carboxylic acids is 3. The van der Waals surface area contributed by atoms with E-state index in [1.165, 1.54) is 0 Å². The monoisotopic (exact) mass is 489 g/mol. The molecular formula is C28H47N3O4. The van der Waals surface area contributed by atoms with Gasteiger partial charge in [0.1, 0.15) is 17.7 Å². The van der Waals surface area contributed by atoms with Crippen LogP contribution in [0.1, 0.15) is 100 Å². The Balaban J connectivity index is 3.49. The van der Waals surface area contributed by atoms with Crippen molar-refractivity contribution in [2.75, 3.05) is 0 Å². The third kappa shape index (κ3) is 10.3. The molecule has 0 aromatic heterocycles. The Labute approximate surface area is 212 Å². The Kier molecular flexibility index (Phi) is 11.3. The fraction of sp³-hybridized carbons (Fsp3) is 0.679. The van der Waals surface area contributed by atoms with Gasteiger partial charge in [-0.2, -0.15) is 0 Å². The molecule has 1 aromatic carbocycles. The molecule has 0 aliphatic rings. The molecule has 0 aliphatic heterocycles. The van der Waals surface area contributed by atoms with E-state index in [0.29, 0.717) is 6.42 Å². The third-order valence-electron chi connectivity index (χ3n) is 5.39. The fourth-order valence-corrected chi connectivity index (χ4v) is 4.04. The first-order chi connectivity index (χ1) is 16.1. The summed E-state index contributed by atoms with van der Waals surface area (Å²) in [4.78, 5) is 42.0. The maximum absolute atomic E-state index is 14.1. The van der Waals surface area contributed by atoms with Crippen molar-refractivity contribution in [1.82, 2.24) is 15.5 Å². The third-order valence-corrected chi connectivity index (χ3v) is 5.39. The van der Waals surface area contributed by atoms with E-state index in [4.69, 9.17) is 4.74 Å². The second-order valence-corrected chi connectivity index (χ2v) is 11.7. The summed E-state index contributed by atoms with van der Waals surface area (Å²) in [6.45, 7) is 19.1. The van der Waals surface area contributed by atoms with E-state index in [1.54, 1.807) is 25.7 Å². The van der Waals surface area contributed by atoms with E-state index < -0.39 is 29.3 Å². The number of benzene rings is 1. The highest BCUT2D eigenvalue weighted by Crippen LogP contribution is 2.31. The Bertz CT molecular complexity index is 825. The van der Waals surface area contributed by atoms with Crippen LogP contribution >= 0.6 is 0 Å². The van der Waals surface area contributed by atoms with Gasteiger partial charge in [-0.15, -0.1) is 0 Å². The molecule has 0 fully saturated rings. The standard InChI is InChI=1S/C28H47N3O4/c1-11-15-20(4)29-24(32)23(21-16-13-12-14-17-21)31(27(5,6)7)25(33)22(18-19(2)3)30-26(34)35-28(8,9)10/h12-14,16-17,19-20,22-23H,11,15,18H2,1-10H3,(H,29,32)(H,30,34). The quantitative estimate of drug-likeness (QED) is 0.448. The van der Waals surface area contributed by atoms with Crippen molar-refractivity contribution in [3.8, 4) is 0 Å². The topological polar surface area (TPSA) is 87.7 Å². The molecule has 3 amide bonds. The number of hydrogen-bond acceptors (Lipinski definition) is 4. The Morgan fingerprint density at radius 2 is 1.51 bits per heavy atom. The Morgan fingerprint density at radius 3 is 1.97 bits per heavy atom. The molecule has 3 unspecified atom stereocenters. The summed E-state index contributed by atoms with van der Waals surface area (Å²) in [5.41, 5.74) is -0.674. The first-order valence-corrected chi connectivity index (χ1v) is 12.7. The van der Waals surface area contributed by atoms with Gasteiger partial charge in [0.05, 0.1) is 0 Å². The number of hydrogen-bond donors (Lipinski definition) is 2. The summed E-state index contributed by atoms with van der Waals surface area (Å²) in [6, 6.07) is 7.62. The summed E-state index contributed by atoms with van der Waals surface area (Å²) >= 11 is 0. The highest BCUT2D eigenvalue weighted by Gasteiger charge is 2.42. The van der Waals surface area contributed by atoms with Crippen LogP contribution in [0.25, 0.3) is 0 Å². The van der Waals surface area contributed by atoms with E-state index in [0.717, 1.165) is 18.4 Å². The van der Waals surface area contributed by atoms with Crippen LogP contribution in [-0.4, -0.2) is 46.0 Å². The lowest BCUT2D eigenvalue weighted by atomic mass is 9.93. The second-order valence-electron chi connectivity index (χ2n) is 11.7. The molecule has 7 nitrogen and oxygen atoms in total. The van der Waals surface area contributed by atoms with Crippen molar-refractivity contribution in [1.29, 1.82) is 0 Å². The molecule has 3 atom stereocenters. The SMILES string of the molecule is CCCC(C)NC(=O)C(c1ccccc1)N(C(=O)C(CC(C)C)NC(=O)OC(C)(C)C)C(C)(C)C. The molecule has 0 saturated carbocycles. The fourth-order valence-electron chi connectivity index (χ4n) is 4.04.